The minimum absolute atomic E-state index is 0.0857. The average Bonchev–Trinajstić information content (AvgIpc) is 2.59. The molecule has 6 heteroatoms. The highest BCUT2D eigenvalue weighted by Crippen LogP contribution is 2.16. The van der Waals surface area contributed by atoms with Crippen molar-refractivity contribution in [2.45, 2.75) is 38.5 Å². The summed E-state index contributed by atoms with van der Waals surface area (Å²) < 4.78 is 27.3. The molecule has 0 heterocycles. The lowest BCUT2D eigenvalue weighted by Crippen LogP contribution is -2.35. The first-order chi connectivity index (χ1) is 12.3. The van der Waals surface area contributed by atoms with Crippen LogP contribution in [-0.4, -0.2) is 27.4 Å². The van der Waals surface area contributed by atoms with Crippen LogP contribution in [0.1, 0.15) is 28.7 Å². The van der Waals surface area contributed by atoms with Crippen molar-refractivity contribution >= 4 is 15.9 Å². The number of benzene rings is 2. The molecule has 0 aliphatic heterocycles. The van der Waals surface area contributed by atoms with Gasteiger partial charge in [0.1, 0.15) is 0 Å². The van der Waals surface area contributed by atoms with Gasteiger partial charge in [-0.1, -0.05) is 42.0 Å². The number of hydrogen-bond acceptors (Lipinski definition) is 3. The summed E-state index contributed by atoms with van der Waals surface area (Å²) in [6.45, 7) is 6.06. The molecule has 0 radical (unpaired) electrons. The molecule has 0 aliphatic carbocycles. The maximum Gasteiger partial charge on any atom is 0.240 e. The lowest BCUT2D eigenvalue weighted by atomic mass is 10.1. The van der Waals surface area contributed by atoms with Crippen molar-refractivity contribution in [1.29, 1.82) is 0 Å². The SMILES string of the molecule is Cc1cccc(CCC(=O)NCCNS(=O)(=O)c2cc(C)ccc2C)c1. The first-order valence-corrected chi connectivity index (χ1v) is 10.2. The molecule has 0 unspecified atom stereocenters. The molecule has 0 fully saturated rings. The lowest BCUT2D eigenvalue weighted by Gasteiger charge is -2.11. The van der Waals surface area contributed by atoms with Crippen molar-refractivity contribution in [2.24, 2.45) is 0 Å². The van der Waals surface area contributed by atoms with E-state index in [-0.39, 0.29) is 23.9 Å². The molecule has 2 aromatic carbocycles. The molecule has 2 rings (SSSR count). The van der Waals surface area contributed by atoms with Crippen LogP contribution < -0.4 is 10.0 Å². The van der Waals surface area contributed by atoms with Crippen LogP contribution in [0.4, 0.5) is 0 Å². The maximum atomic E-state index is 12.4. The largest absolute Gasteiger partial charge is 0.355 e. The maximum absolute atomic E-state index is 12.4. The second-order valence-electron chi connectivity index (χ2n) is 6.51. The third kappa shape index (κ3) is 5.97. The molecule has 0 aromatic heterocycles. The molecule has 0 saturated heterocycles. The van der Waals surface area contributed by atoms with Gasteiger partial charge in [-0.25, -0.2) is 13.1 Å². The van der Waals surface area contributed by atoms with E-state index in [1.165, 1.54) is 5.56 Å². The monoisotopic (exact) mass is 374 g/mol. The fourth-order valence-electron chi connectivity index (χ4n) is 2.68. The molecule has 2 N–H and O–H groups in total. The van der Waals surface area contributed by atoms with Crippen LogP contribution in [0.25, 0.3) is 0 Å². The summed E-state index contributed by atoms with van der Waals surface area (Å²) in [5.41, 5.74) is 3.88. The smallest absolute Gasteiger partial charge is 0.240 e. The zero-order valence-corrected chi connectivity index (χ0v) is 16.3. The third-order valence-corrected chi connectivity index (χ3v) is 5.70. The highest BCUT2D eigenvalue weighted by Gasteiger charge is 2.16. The van der Waals surface area contributed by atoms with E-state index in [0.29, 0.717) is 18.4 Å². The van der Waals surface area contributed by atoms with Crippen molar-refractivity contribution < 1.29 is 13.2 Å². The quantitative estimate of drug-likeness (QED) is 0.698. The Morgan fingerprint density at radius 3 is 2.42 bits per heavy atom. The van der Waals surface area contributed by atoms with Gasteiger partial charge in [-0.2, -0.15) is 0 Å². The minimum Gasteiger partial charge on any atom is -0.355 e. The first-order valence-electron chi connectivity index (χ1n) is 8.67. The van der Waals surface area contributed by atoms with Gasteiger partial charge in [0.2, 0.25) is 15.9 Å². The predicted molar refractivity (Wildman–Crippen MR) is 104 cm³/mol. The lowest BCUT2D eigenvalue weighted by molar-refractivity contribution is -0.121. The summed E-state index contributed by atoms with van der Waals surface area (Å²) in [5, 5.41) is 2.75. The molecule has 140 valence electrons. The Balaban J connectivity index is 1.77. The number of hydrogen-bond donors (Lipinski definition) is 2. The number of carbonyl (C=O) groups is 1. The molecule has 2 aromatic rings. The Bertz CT molecular complexity index is 876. The second kappa shape index (κ2) is 8.96. The van der Waals surface area contributed by atoms with Gasteiger partial charge in [0.05, 0.1) is 4.90 Å². The number of sulfonamides is 1. The highest BCUT2D eigenvalue weighted by molar-refractivity contribution is 7.89. The van der Waals surface area contributed by atoms with E-state index in [1.807, 2.05) is 38.1 Å². The van der Waals surface area contributed by atoms with E-state index in [1.54, 1.807) is 19.1 Å². The molecule has 5 nitrogen and oxygen atoms in total. The Labute approximate surface area is 155 Å². The van der Waals surface area contributed by atoms with Crippen LogP contribution in [0.5, 0.6) is 0 Å². The van der Waals surface area contributed by atoms with E-state index in [2.05, 4.69) is 16.1 Å². The summed E-state index contributed by atoms with van der Waals surface area (Å²) >= 11 is 0. The van der Waals surface area contributed by atoms with Gasteiger partial charge >= 0.3 is 0 Å². The summed E-state index contributed by atoms with van der Waals surface area (Å²) in [6, 6.07) is 13.4. The van der Waals surface area contributed by atoms with Crippen LogP contribution in [0.15, 0.2) is 47.4 Å². The van der Waals surface area contributed by atoms with Crippen LogP contribution in [0.3, 0.4) is 0 Å². The van der Waals surface area contributed by atoms with Crippen LogP contribution in [0, 0.1) is 20.8 Å². The van der Waals surface area contributed by atoms with Crippen LogP contribution in [0.2, 0.25) is 0 Å². The van der Waals surface area contributed by atoms with Crippen LogP contribution in [-0.2, 0) is 21.2 Å². The van der Waals surface area contributed by atoms with Gasteiger partial charge in [0.25, 0.3) is 0 Å². The van der Waals surface area contributed by atoms with Crippen molar-refractivity contribution in [3.05, 3.63) is 64.7 Å². The Morgan fingerprint density at radius 2 is 1.69 bits per heavy atom. The number of nitrogens with one attached hydrogen (secondary N) is 2. The van der Waals surface area contributed by atoms with E-state index >= 15 is 0 Å². The Hall–Kier alpha value is -2.18. The fourth-order valence-corrected chi connectivity index (χ4v) is 4.04. The zero-order chi connectivity index (χ0) is 19.2. The summed E-state index contributed by atoms with van der Waals surface area (Å²) in [7, 11) is -3.57. The predicted octanol–water partition coefficient (Wildman–Crippen LogP) is 2.64. The number of aryl methyl sites for hydroxylation is 4. The second-order valence-corrected chi connectivity index (χ2v) is 8.24. The van der Waals surface area contributed by atoms with E-state index in [9.17, 15) is 13.2 Å². The number of carbonyl (C=O) groups excluding carboxylic acids is 1. The van der Waals surface area contributed by atoms with E-state index in [4.69, 9.17) is 0 Å². The standard InChI is InChI=1S/C20H26N2O3S/c1-15-5-4-6-18(13-15)9-10-20(23)21-11-12-22-26(24,25)19-14-16(2)7-8-17(19)3/h4-8,13-14,22H,9-12H2,1-3H3,(H,21,23). The molecule has 0 aliphatic rings. The highest BCUT2D eigenvalue weighted by atomic mass is 32.2. The van der Waals surface area contributed by atoms with Gasteiger partial charge in [-0.15, -0.1) is 0 Å². The molecule has 26 heavy (non-hydrogen) atoms. The normalized spacial score (nSPS) is 11.3. The summed E-state index contributed by atoms with van der Waals surface area (Å²) in [4.78, 5) is 12.2. The molecular weight excluding hydrogens is 348 g/mol. The molecule has 1 amide bonds. The molecule has 0 saturated carbocycles. The summed E-state index contributed by atoms with van der Waals surface area (Å²) in [6.07, 6.45) is 1.05. The molecule has 0 atom stereocenters. The van der Waals surface area contributed by atoms with Gasteiger partial charge in [0, 0.05) is 19.5 Å². The van der Waals surface area contributed by atoms with Crippen molar-refractivity contribution in [3.63, 3.8) is 0 Å². The number of rotatable bonds is 8. The first kappa shape index (κ1) is 20.1. The van der Waals surface area contributed by atoms with Crippen molar-refractivity contribution in [1.82, 2.24) is 10.0 Å². The molecular formula is C20H26N2O3S. The van der Waals surface area contributed by atoms with Gasteiger partial charge in [0.15, 0.2) is 0 Å². The van der Waals surface area contributed by atoms with Crippen molar-refractivity contribution in [2.75, 3.05) is 13.1 Å². The zero-order valence-electron chi connectivity index (χ0n) is 15.5. The van der Waals surface area contributed by atoms with Gasteiger partial charge in [-0.05, 0) is 49.9 Å². The molecule has 0 spiro atoms. The summed E-state index contributed by atoms with van der Waals surface area (Å²) in [5.74, 6) is -0.0857. The van der Waals surface area contributed by atoms with Crippen LogP contribution >= 0.6 is 0 Å². The van der Waals surface area contributed by atoms with Gasteiger partial charge in [-0.3, -0.25) is 4.79 Å². The third-order valence-electron chi connectivity index (χ3n) is 4.10. The number of amides is 1. The minimum atomic E-state index is -3.57. The van der Waals surface area contributed by atoms with Gasteiger partial charge < -0.3 is 5.32 Å². The van der Waals surface area contributed by atoms with Crippen molar-refractivity contribution in [3.8, 4) is 0 Å². The Kier molecular flexibility index (Phi) is 6.94. The average molecular weight is 375 g/mol. The fraction of sp³-hybridized carbons (Fsp3) is 0.350. The topological polar surface area (TPSA) is 75.3 Å². The van der Waals surface area contributed by atoms with E-state index in [0.717, 1.165) is 11.1 Å². The van der Waals surface area contributed by atoms with E-state index < -0.39 is 10.0 Å². The Morgan fingerprint density at radius 1 is 0.962 bits per heavy atom. The molecule has 0 bridgehead atoms.